The van der Waals surface area contributed by atoms with E-state index >= 15 is 0 Å². The molecular weight excluding hydrogens is 272 g/mol. The van der Waals surface area contributed by atoms with Crippen molar-refractivity contribution in [2.75, 3.05) is 0 Å². The minimum absolute atomic E-state index is 0.00509. The molecule has 21 heavy (non-hydrogen) atoms. The van der Waals surface area contributed by atoms with Crippen LogP contribution >= 0.6 is 0 Å². The van der Waals surface area contributed by atoms with Crippen LogP contribution in [0.5, 0.6) is 11.6 Å². The molecule has 104 valence electrons. The fraction of sp³-hybridized carbons (Fsp3) is 0. The van der Waals surface area contributed by atoms with Crippen LogP contribution in [0.1, 0.15) is 10.4 Å². The van der Waals surface area contributed by atoms with Gasteiger partial charge in [0.05, 0.1) is 10.7 Å². The predicted molar refractivity (Wildman–Crippen MR) is 72.8 cm³/mol. The first kappa shape index (κ1) is 12.9. The zero-order valence-electron chi connectivity index (χ0n) is 10.8. The molecular formula is C15H10N2O4. The first-order valence-corrected chi connectivity index (χ1v) is 6.17. The van der Waals surface area contributed by atoms with Gasteiger partial charge in [-0.05, 0) is 17.0 Å². The average molecular weight is 282 g/mol. The molecule has 3 rings (SSSR count). The molecule has 0 aliphatic heterocycles. The van der Waals surface area contributed by atoms with Crippen molar-refractivity contribution in [3.8, 4) is 22.9 Å². The summed E-state index contributed by atoms with van der Waals surface area (Å²) in [5.41, 5.74) is 1.11. The minimum Gasteiger partial charge on any atom is -0.415 e. The number of carbonyl (C=O) groups is 1. The third-order valence-electron chi connectivity index (χ3n) is 2.88. The molecule has 0 fully saturated rings. The van der Waals surface area contributed by atoms with Crippen LogP contribution in [-0.4, -0.2) is 11.4 Å². The first-order chi connectivity index (χ1) is 10.3. The maximum atomic E-state index is 11.7. The Morgan fingerprint density at radius 2 is 1.81 bits per heavy atom. The number of hydrogen-bond acceptors (Lipinski definition) is 5. The molecule has 0 bridgehead atoms. The number of ether oxygens (including phenoxy) is 1. The van der Waals surface area contributed by atoms with Gasteiger partial charge in [-0.15, -0.1) is 0 Å². The van der Waals surface area contributed by atoms with E-state index in [1.165, 1.54) is 0 Å². The van der Waals surface area contributed by atoms with Crippen LogP contribution in [0.3, 0.4) is 0 Å². The van der Waals surface area contributed by atoms with E-state index in [0.717, 1.165) is 0 Å². The van der Waals surface area contributed by atoms with Crippen LogP contribution in [0.2, 0.25) is 0 Å². The van der Waals surface area contributed by atoms with E-state index in [1.807, 2.05) is 6.07 Å². The van der Waals surface area contributed by atoms with Gasteiger partial charge in [0.25, 0.3) is 5.69 Å². The fourth-order valence-corrected chi connectivity index (χ4v) is 1.90. The van der Waals surface area contributed by atoms with Crippen LogP contribution in [0.15, 0.2) is 59.2 Å². The van der Waals surface area contributed by atoms with Gasteiger partial charge < -0.3 is 9.94 Å². The Morgan fingerprint density at radius 3 is 2.57 bits per heavy atom. The van der Waals surface area contributed by atoms with Gasteiger partial charge in [0.15, 0.2) is 6.29 Å². The summed E-state index contributed by atoms with van der Waals surface area (Å²) in [5.74, 6) is 0.309. The van der Waals surface area contributed by atoms with E-state index in [4.69, 9.17) is 4.74 Å². The molecule has 1 aromatic heterocycles. The third-order valence-corrected chi connectivity index (χ3v) is 2.88. The highest BCUT2D eigenvalue weighted by Gasteiger charge is 2.24. The average Bonchev–Trinajstić information content (AvgIpc) is 2.89. The van der Waals surface area contributed by atoms with Gasteiger partial charge in [-0.1, -0.05) is 42.5 Å². The summed E-state index contributed by atoms with van der Waals surface area (Å²) in [7, 11) is 0. The Morgan fingerprint density at radius 1 is 1.10 bits per heavy atom. The lowest BCUT2D eigenvalue weighted by Gasteiger charge is -2.03. The molecule has 0 amide bonds. The molecule has 0 unspecified atom stereocenters. The molecule has 0 saturated heterocycles. The number of aldehydes is 1. The second-order valence-electron chi connectivity index (χ2n) is 4.21. The molecule has 0 N–H and O–H groups in total. The number of rotatable bonds is 4. The predicted octanol–water partition coefficient (Wildman–Crippen LogP) is 2.58. The van der Waals surface area contributed by atoms with Crippen molar-refractivity contribution in [2.24, 2.45) is 0 Å². The van der Waals surface area contributed by atoms with E-state index in [9.17, 15) is 10.0 Å². The van der Waals surface area contributed by atoms with E-state index in [2.05, 4.69) is 9.79 Å². The zero-order chi connectivity index (χ0) is 14.7. The number of hydrogen-bond donors (Lipinski definition) is 0. The van der Waals surface area contributed by atoms with Gasteiger partial charge in [-0.25, -0.2) is 0 Å². The Bertz CT molecular complexity index is 768. The molecule has 0 atom stereocenters. The lowest BCUT2D eigenvalue weighted by molar-refractivity contribution is -0.793. The topological polar surface area (TPSA) is 79.3 Å². The number of para-hydroxylation sites is 1. The monoisotopic (exact) mass is 282 g/mol. The summed E-state index contributed by atoms with van der Waals surface area (Å²) in [6.45, 7) is 0. The molecule has 0 spiro atoms. The van der Waals surface area contributed by atoms with Gasteiger partial charge >= 0.3 is 5.88 Å². The van der Waals surface area contributed by atoms with Crippen molar-refractivity contribution in [3.63, 3.8) is 0 Å². The number of carbonyl (C=O) groups excluding carboxylic acids is 1. The molecule has 2 aromatic carbocycles. The summed E-state index contributed by atoms with van der Waals surface area (Å²) in [6, 6.07) is 15.5. The minimum atomic E-state index is 0.00509. The smallest absolute Gasteiger partial charge is 0.408 e. The Hall–Kier alpha value is -3.15. The van der Waals surface area contributed by atoms with E-state index in [-0.39, 0.29) is 16.5 Å². The Kier molecular flexibility index (Phi) is 3.34. The van der Waals surface area contributed by atoms with Crippen LogP contribution in [-0.2, 0) is 0 Å². The molecule has 0 saturated carbocycles. The normalized spacial score (nSPS) is 10.3. The maximum absolute atomic E-state index is 11.7. The fourth-order valence-electron chi connectivity index (χ4n) is 1.90. The lowest BCUT2D eigenvalue weighted by Crippen LogP contribution is -2.25. The van der Waals surface area contributed by atoms with E-state index in [1.54, 1.807) is 48.5 Å². The number of benzene rings is 2. The molecule has 0 radical (unpaired) electrons. The van der Waals surface area contributed by atoms with E-state index in [0.29, 0.717) is 23.2 Å². The van der Waals surface area contributed by atoms with E-state index < -0.39 is 0 Å². The highest BCUT2D eigenvalue weighted by molar-refractivity contribution is 5.79. The van der Waals surface area contributed by atoms with Crippen molar-refractivity contribution in [1.29, 1.82) is 0 Å². The van der Waals surface area contributed by atoms with Crippen molar-refractivity contribution in [3.05, 3.63) is 65.4 Å². The highest BCUT2D eigenvalue weighted by atomic mass is 16.8. The van der Waals surface area contributed by atoms with Crippen molar-refractivity contribution < 1.29 is 19.1 Å². The van der Waals surface area contributed by atoms with Gasteiger partial charge in [0, 0.05) is 5.56 Å². The Balaban J connectivity index is 2.03. The first-order valence-electron chi connectivity index (χ1n) is 6.17. The van der Waals surface area contributed by atoms with Crippen molar-refractivity contribution in [2.45, 2.75) is 0 Å². The van der Waals surface area contributed by atoms with Crippen molar-refractivity contribution >= 4 is 6.29 Å². The summed E-state index contributed by atoms with van der Waals surface area (Å²) >= 11 is 0. The summed E-state index contributed by atoms with van der Waals surface area (Å²) in [5, 5.41) is 15.3. The summed E-state index contributed by atoms with van der Waals surface area (Å²) < 4.78 is 10.1. The standard InChI is InChI=1S/C15H10N2O4/c18-10-12-8-4-5-9-13(12)20-15-14(17(19)21-16-15)11-6-2-1-3-7-11/h1-10H. The van der Waals surface area contributed by atoms with Gasteiger partial charge in [-0.3, -0.25) is 9.42 Å². The molecule has 6 heteroatoms. The van der Waals surface area contributed by atoms with Gasteiger partial charge in [0.2, 0.25) is 0 Å². The number of nitrogens with zero attached hydrogens (tertiary/aromatic N) is 2. The molecule has 0 aliphatic carbocycles. The molecule has 1 heterocycles. The van der Waals surface area contributed by atoms with Crippen LogP contribution < -0.4 is 9.64 Å². The quantitative estimate of drug-likeness (QED) is 0.542. The third kappa shape index (κ3) is 2.46. The molecule has 6 nitrogen and oxygen atoms in total. The highest BCUT2D eigenvalue weighted by Crippen LogP contribution is 2.30. The largest absolute Gasteiger partial charge is 0.415 e. The van der Waals surface area contributed by atoms with Crippen LogP contribution in [0.25, 0.3) is 11.3 Å². The van der Waals surface area contributed by atoms with Crippen molar-refractivity contribution in [1.82, 2.24) is 5.16 Å². The van der Waals surface area contributed by atoms with Gasteiger partial charge in [-0.2, -0.15) is 0 Å². The SMILES string of the molecule is O=Cc1ccccc1Oc1no[n+]([O-])c1-c1ccccc1. The summed E-state index contributed by atoms with van der Waals surface area (Å²) in [4.78, 5) is 11.3. The molecule has 3 aromatic rings. The number of aromatic nitrogens is 2. The second kappa shape index (κ2) is 5.46. The van der Waals surface area contributed by atoms with Crippen LogP contribution in [0, 0.1) is 5.21 Å². The Labute approximate surface area is 119 Å². The van der Waals surface area contributed by atoms with Crippen LogP contribution in [0.4, 0.5) is 0 Å². The summed E-state index contributed by atoms with van der Waals surface area (Å²) in [6.07, 6.45) is 0.670. The lowest BCUT2D eigenvalue weighted by atomic mass is 10.1. The zero-order valence-corrected chi connectivity index (χ0v) is 10.8. The second-order valence-corrected chi connectivity index (χ2v) is 4.21. The van der Waals surface area contributed by atoms with Gasteiger partial charge in [0.1, 0.15) is 5.75 Å². The maximum Gasteiger partial charge on any atom is 0.408 e. The molecule has 0 aliphatic rings.